The molecule has 9 atom stereocenters. The van der Waals surface area contributed by atoms with Crippen molar-refractivity contribution in [2.45, 2.75) is 126 Å². The largest absolute Gasteiger partial charge is 0.0651 e. The molecule has 0 unspecified atom stereocenters. The van der Waals surface area contributed by atoms with Gasteiger partial charge in [-0.1, -0.05) is 61.3 Å². The van der Waals surface area contributed by atoms with Gasteiger partial charge in [0, 0.05) is 0 Å². The quantitative estimate of drug-likeness (QED) is 0.413. The zero-order valence-electron chi connectivity index (χ0n) is 20.9. The summed E-state index contributed by atoms with van der Waals surface area (Å²) in [5, 5.41) is 0. The summed E-state index contributed by atoms with van der Waals surface area (Å²) in [6.07, 6.45) is 18.1. The number of hydrogen-bond donors (Lipinski definition) is 0. The van der Waals surface area contributed by atoms with Crippen molar-refractivity contribution in [2.75, 3.05) is 0 Å². The highest BCUT2D eigenvalue weighted by molar-refractivity contribution is 5.18. The Balaban J connectivity index is 1.52. The lowest BCUT2D eigenvalue weighted by atomic mass is 9.32. The molecule has 5 aliphatic carbocycles. The molecule has 0 amide bonds. The minimum absolute atomic E-state index is 0.566. The van der Waals surface area contributed by atoms with Gasteiger partial charge in [-0.3, -0.25) is 0 Å². The molecule has 0 N–H and O–H groups in total. The highest BCUT2D eigenvalue weighted by Crippen LogP contribution is 2.77. The highest BCUT2D eigenvalue weighted by atomic mass is 14.7. The van der Waals surface area contributed by atoms with E-state index in [1.54, 1.807) is 19.3 Å². The number of rotatable bonds is 1. The maximum Gasteiger partial charge on any atom is -0.0235 e. The number of hydrogen-bond acceptors (Lipinski definition) is 0. The van der Waals surface area contributed by atoms with Gasteiger partial charge in [0.1, 0.15) is 0 Å². The van der Waals surface area contributed by atoms with Crippen LogP contribution in [0.5, 0.6) is 0 Å². The SMILES string of the molecule is CC[C@@H]1CC[C@@H]2[C@H]3CC[C@@H]4[C@@]5(C)CCCC(C)(C)[C@@H]5CC[C@@]4(C)[C@]3(C)CC[C@]12C. The normalized spacial score (nSPS) is 58.7. The van der Waals surface area contributed by atoms with Gasteiger partial charge < -0.3 is 0 Å². The van der Waals surface area contributed by atoms with Crippen LogP contribution in [0.25, 0.3) is 0 Å². The predicted molar refractivity (Wildman–Crippen MR) is 125 cm³/mol. The van der Waals surface area contributed by atoms with Crippen LogP contribution in [0, 0.1) is 56.7 Å². The summed E-state index contributed by atoms with van der Waals surface area (Å²) in [5.74, 6) is 4.98. The fourth-order valence-electron chi connectivity index (χ4n) is 11.8. The van der Waals surface area contributed by atoms with E-state index < -0.39 is 0 Å². The maximum atomic E-state index is 2.81. The average Bonchev–Trinajstić information content (AvgIpc) is 2.98. The van der Waals surface area contributed by atoms with Crippen LogP contribution in [0.1, 0.15) is 126 Å². The van der Waals surface area contributed by atoms with Gasteiger partial charge in [0.25, 0.3) is 0 Å². The van der Waals surface area contributed by atoms with Crippen molar-refractivity contribution in [1.29, 1.82) is 0 Å². The zero-order valence-corrected chi connectivity index (χ0v) is 20.9. The third-order valence-electron chi connectivity index (χ3n) is 13.5. The van der Waals surface area contributed by atoms with E-state index in [-0.39, 0.29) is 0 Å². The van der Waals surface area contributed by atoms with Crippen molar-refractivity contribution in [3.8, 4) is 0 Å². The second kappa shape index (κ2) is 6.28. The molecule has 5 saturated carbocycles. The first-order valence-corrected chi connectivity index (χ1v) is 13.5. The molecule has 5 aliphatic rings. The summed E-state index contributed by atoms with van der Waals surface area (Å²) in [4.78, 5) is 0. The van der Waals surface area contributed by atoms with E-state index in [1.807, 2.05) is 0 Å². The molecule has 0 nitrogen and oxygen atoms in total. The summed E-state index contributed by atoms with van der Waals surface area (Å²) in [7, 11) is 0. The molecule has 5 rings (SSSR count). The Morgan fingerprint density at radius 1 is 0.586 bits per heavy atom. The maximum absolute atomic E-state index is 2.81. The van der Waals surface area contributed by atoms with Gasteiger partial charge in [0.2, 0.25) is 0 Å². The first-order valence-electron chi connectivity index (χ1n) is 13.5. The molecule has 166 valence electrons. The molecule has 0 saturated heterocycles. The van der Waals surface area contributed by atoms with Gasteiger partial charge >= 0.3 is 0 Å². The Morgan fingerprint density at radius 3 is 2.03 bits per heavy atom. The third-order valence-corrected chi connectivity index (χ3v) is 13.5. The van der Waals surface area contributed by atoms with Crippen LogP contribution in [0.4, 0.5) is 0 Å². The summed E-state index contributed by atoms with van der Waals surface area (Å²) in [6.45, 7) is 18.8. The topological polar surface area (TPSA) is 0 Å². The van der Waals surface area contributed by atoms with E-state index in [2.05, 4.69) is 48.5 Å². The van der Waals surface area contributed by atoms with Gasteiger partial charge in [-0.2, -0.15) is 0 Å². The molecule has 0 heteroatoms. The second-order valence-corrected chi connectivity index (χ2v) is 14.3. The van der Waals surface area contributed by atoms with E-state index in [9.17, 15) is 0 Å². The molecule has 5 fully saturated rings. The van der Waals surface area contributed by atoms with E-state index >= 15 is 0 Å². The Kier molecular flexibility index (Phi) is 4.52. The lowest BCUT2D eigenvalue weighted by Gasteiger charge is -2.72. The van der Waals surface area contributed by atoms with E-state index in [4.69, 9.17) is 0 Å². The van der Waals surface area contributed by atoms with Crippen LogP contribution in [-0.2, 0) is 0 Å². The van der Waals surface area contributed by atoms with Crippen molar-refractivity contribution in [3.05, 3.63) is 0 Å². The van der Waals surface area contributed by atoms with Crippen molar-refractivity contribution < 1.29 is 0 Å². The monoisotopic (exact) mass is 398 g/mol. The van der Waals surface area contributed by atoms with Crippen LogP contribution in [0.2, 0.25) is 0 Å². The lowest BCUT2D eigenvalue weighted by molar-refractivity contribution is -0.234. The minimum Gasteiger partial charge on any atom is -0.0651 e. The molecule has 0 spiro atoms. The van der Waals surface area contributed by atoms with Crippen molar-refractivity contribution in [1.82, 2.24) is 0 Å². The summed E-state index contributed by atoms with van der Waals surface area (Å²) < 4.78 is 0. The highest BCUT2D eigenvalue weighted by Gasteiger charge is 2.69. The molecule has 0 aromatic heterocycles. The Morgan fingerprint density at radius 2 is 1.31 bits per heavy atom. The molecule has 29 heavy (non-hydrogen) atoms. The molecule has 0 radical (unpaired) electrons. The summed E-state index contributed by atoms with van der Waals surface area (Å²) in [6, 6.07) is 0. The molecule has 0 aromatic carbocycles. The van der Waals surface area contributed by atoms with Crippen molar-refractivity contribution >= 4 is 0 Å². The van der Waals surface area contributed by atoms with Crippen LogP contribution < -0.4 is 0 Å². The van der Waals surface area contributed by atoms with E-state index in [0.29, 0.717) is 27.1 Å². The van der Waals surface area contributed by atoms with Gasteiger partial charge in [-0.05, 0) is 121 Å². The lowest BCUT2D eigenvalue weighted by Crippen LogP contribution is -2.65. The van der Waals surface area contributed by atoms with Crippen LogP contribution in [0.15, 0.2) is 0 Å². The minimum atomic E-state index is 0.566. The summed E-state index contributed by atoms with van der Waals surface area (Å²) >= 11 is 0. The van der Waals surface area contributed by atoms with E-state index in [1.165, 1.54) is 57.8 Å². The molecular weight excluding hydrogens is 348 g/mol. The van der Waals surface area contributed by atoms with Crippen LogP contribution >= 0.6 is 0 Å². The Bertz CT molecular complexity index is 661. The van der Waals surface area contributed by atoms with Crippen LogP contribution in [-0.4, -0.2) is 0 Å². The summed E-state index contributed by atoms with van der Waals surface area (Å²) in [5.41, 5.74) is 3.01. The predicted octanol–water partition coefficient (Wildman–Crippen LogP) is 8.89. The van der Waals surface area contributed by atoms with Gasteiger partial charge in [-0.15, -0.1) is 0 Å². The second-order valence-electron chi connectivity index (χ2n) is 14.3. The Labute approximate surface area is 182 Å². The fraction of sp³-hybridized carbons (Fsp3) is 1.00. The molecule has 0 aliphatic heterocycles. The smallest absolute Gasteiger partial charge is 0.0235 e. The number of fused-ring (bicyclic) bond motifs is 7. The van der Waals surface area contributed by atoms with E-state index in [0.717, 1.165) is 29.6 Å². The molecule has 0 aromatic rings. The van der Waals surface area contributed by atoms with Gasteiger partial charge in [-0.25, -0.2) is 0 Å². The van der Waals surface area contributed by atoms with Crippen molar-refractivity contribution in [3.63, 3.8) is 0 Å². The average molecular weight is 399 g/mol. The zero-order chi connectivity index (χ0) is 20.9. The standard InChI is InChI=1S/C29H50/c1-8-20-10-11-21-22-12-13-24-27(5)16-9-15-25(2,3)23(27)14-17-29(24,7)28(22,6)19-18-26(20,21)4/h20-24H,8-19H2,1-7H3/t20-,21-,22-,23+,24-,26-,27+,28-,29-/m1/s1. The van der Waals surface area contributed by atoms with Crippen LogP contribution in [0.3, 0.4) is 0 Å². The third kappa shape index (κ3) is 2.44. The fourth-order valence-corrected chi connectivity index (χ4v) is 11.8. The van der Waals surface area contributed by atoms with Crippen molar-refractivity contribution in [2.24, 2.45) is 56.7 Å². The Hall–Kier alpha value is 0. The first-order chi connectivity index (χ1) is 13.5. The van der Waals surface area contributed by atoms with Gasteiger partial charge in [0.15, 0.2) is 0 Å². The first kappa shape index (κ1) is 20.9. The molecule has 0 heterocycles. The molecular formula is C29H50. The van der Waals surface area contributed by atoms with Gasteiger partial charge in [0.05, 0.1) is 0 Å². The molecule has 0 bridgehead atoms.